The SMILES string of the molecule is COCCN(CCC#N)C(=O)N1C[C@H](O)C[C@H]1C(=O)O. The molecule has 1 aliphatic heterocycles. The fourth-order valence-corrected chi connectivity index (χ4v) is 2.13. The lowest BCUT2D eigenvalue weighted by molar-refractivity contribution is -0.141. The second-order valence-corrected chi connectivity index (χ2v) is 4.57. The van der Waals surface area contributed by atoms with Crippen molar-refractivity contribution in [3.8, 4) is 6.07 Å². The summed E-state index contributed by atoms with van der Waals surface area (Å²) in [5.41, 5.74) is 0. The van der Waals surface area contributed by atoms with Crippen LogP contribution in [0.25, 0.3) is 0 Å². The molecule has 0 saturated carbocycles. The van der Waals surface area contributed by atoms with Crippen LogP contribution in [0.15, 0.2) is 0 Å². The van der Waals surface area contributed by atoms with Gasteiger partial charge in [0.25, 0.3) is 0 Å². The summed E-state index contributed by atoms with van der Waals surface area (Å²) < 4.78 is 4.90. The van der Waals surface area contributed by atoms with Crippen molar-refractivity contribution in [2.24, 2.45) is 0 Å². The zero-order valence-electron chi connectivity index (χ0n) is 11.4. The average molecular weight is 285 g/mol. The predicted octanol–water partition coefficient (Wildman–Crippen LogP) is -0.512. The predicted molar refractivity (Wildman–Crippen MR) is 67.8 cm³/mol. The van der Waals surface area contributed by atoms with E-state index < -0.39 is 24.1 Å². The topological polar surface area (TPSA) is 114 Å². The quantitative estimate of drug-likeness (QED) is 0.679. The minimum Gasteiger partial charge on any atom is -0.480 e. The standard InChI is InChI=1S/C12H19N3O5/c1-20-6-5-14(4-2-3-13)12(19)15-8-9(16)7-10(15)11(17)18/h9-10,16H,2,4-8H2,1H3,(H,17,18)/t9-,10+/m1/s1. The van der Waals surface area contributed by atoms with Gasteiger partial charge in [0.15, 0.2) is 0 Å². The summed E-state index contributed by atoms with van der Waals surface area (Å²) in [5, 5.41) is 27.2. The van der Waals surface area contributed by atoms with Gasteiger partial charge in [-0.1, -0.05) is 0 Å². The van der Waals surface area contributed by atoms with Crippen LogP contribution in [-0.4, -0.2) is 77.5 Å². The van der Waals surface area contributed by atoms with Crippen LogP contribution in [0.1, 0.15) is 12.8 Å². The lowest BCUT2D eigenvalue weighted by Gasteiger charge is -2.29. The molecule has 1 saturated heterocycles. The second-order valence-electron chi connectivity index (χ2n) is 4.57. The van der Waals surface area contributed by atoms with E-state index in [1.165, 1.54) is 12.0 Å². The Balaban J connectivity index is 2.76. The van der Waals surface area contributed by atoms with Crippen LogP contribution < -0.4 is 0 Å². The summed E-state index contributed by atoms with van der Waals surface area (Å²) in [6.07, 6.45) is -0.651. The number of nitrogens with zero attached hydrogens (tertiary/aromatic N) is 3. The first-order valence-corrected chi connectivity index (χ1v) is 6.33. The number of ether oxygens (including phenoxy) is 1. The summed E-state index contributed by atoms with van der Waals surface area (Å²) in [6, 6.07) is 0.435. The van der Waals surface area contributed by atoms with Gasteiger partial charge < -0.3 is 24.7 Å². The Bertz CT molecular complexity index is 395. The molecule has 20 heavy (non-hydrogen) atoms. The van der Waals surface area contributed by atoms with E-state index in [9.17, 15) is 14.7 Å². The van der Waals surface area contributed by atoms with Crippen LogP contribution in [0.2, 0.25) is 0 Å². The number of methoxy groups -OCH3 is 1. The van der Waals surface area contributed by atoms with Gasteiger partial charge in [-0.25, -0.2) is 9.59 Å². The van der Waals surface area contributed by atoms with Crippen molar-refractivity contribution in [3.05, 3.63) is 0 Å². The molecule has 1 rings (SSSR count). The van der Waals surface area contributed by atoms with Crippen molar-refractivity contribution < 1.29 is 24.5 Å². The number of carbonyl (C=O) groups excluding carboxylic acids is 1. The number of aliphatic carboxylic acids is 1. The zero-order valence-corrected chi connectivity index (χ0v) is 11.4. The summed E-state index contributed by atoms with van der Waals surface area (Å²) in [4.78, 5) is 26.0. The van der Waals surface area contributed by atoms with Crippen molar-refractivity contribution in [2.75, 3.05) is 33.4 Å². The van der Waals surface area contributed by atoms with Crippen molar-refractivity contribution in [2.45, 2.75) is 25.0 Å². The number of aliphatic hydroxyl groups excluding tert-OH is 1. The van der Waals surface area contributed by atoms with E-state index in [0.29, 0.717) is 6.61 Å². The molecular weight excluding hydrogens is 266 g/mol. The lowest BCUT2D eigenvalue weighted by atomic mass is 10.2. The number of hydrogen-bond acceptors (Lipinski definition) is 5. The molecular formula is C12H19N3O5. The first kappa shape index (κ1) is 16.2. The Labute approximate surface area is 117 Å². The fourth-order valence-electron chi connectivity index (χ4n) is 2.13. The van der Waals surface area contributed by atoms with Crippen LogP contribution in [-0.2, 0) is 9.53 Å². The van der Waals surface area contributed by atoms with Crippen molar-refractivity contribution in [1.29, 1.82) is 5.26 Å². The third-order valence-corrected chi connectivity index (χ3v) is 3.14. The van der Waals surface area contributed by atoms with Crippen LogP contribution in [0.5, 0.6) is 0 Å². The minimum absolute atomic E-state index is 0.00810. The number of amides is 2. The Morgan fingerprint density at radius 2 is 2.20 bits per heavy atom. The number of likely N-dealkylation sites (tertiary alicyclic amines) is 1. The first-order valence-electron chi connectivity index (χ1n) is 6.33. The van der Waals surface area contributed by atoms with Crippen molar-refractivity contribution in [3.63, 3.8) is 0 Å². The summed E-state index contributed by atoms with van der Waals surface area (Å²) in [6.45, 7) is 0.769. The monoisotopic (exact) mass is 285 g/mol. The van der Waals surface area contributed by atoms with Crippen LogP contribution in [0.4, 0.5) is 4.79 Å². The number of β-amino-alcohol motifs (C(OH)–C–C–N with tert-alkyl or cyclic N) is 1. The third-order valence-electron chi connectivity index (χ3n) is 3.14. The number of carboxylic acids is 1. The van der Waals surface area contributed by atoms with Crippen LogP contribution in [0, 0.1) is 11.3 Å². The molecule has 0 radical (unpaired) electrons. The number of carboxylic acid groups (broad SMARTS) is 1. The molecule has 112 valence electrons. The molecule has 0 unspecified atom stereocenters. The zero-order chi connectivity index (χ0) is 15.1. The largest absolute Gasteiger partial charge is 0.480 e. The average Bonchev–Trinajstić information content (AvgIpc) is 2.80. The van der Waals surface area contributed by atoms with E-state index in [1.54, 1.807) is 0 Å². The summed E-state index contributed by atoms with van der Waals surface area (Å²) in [7, 11) is 1.49. The summed E-state index contributed by atoms with van der Waals surface area (Å²) in [5.74, 6) is -1.14. The Hall–Kier alpha value is -1.85. The van der Waals surface area contributed by atoms with E-state index in [0.717, 1.165) is 4.90 Å². The number of rotatable bonds is 6. The number of nitriles is 1. The molecule has 8 heteroatoms. The molecule has 0 spiro atoms. The van der Waals surface area contributed by atoms with E-state index in [-0.39, 0.29) is 32.5 Å². The van der Waals surface area contributed by atoms with Crippen molar-refractivity contribution in [1.82, 2.24) is 9.80 Å². The van der Waals surface area contributed by atoms with Crippen LogP contribution >= 0.6 is 0 Å². The smallest absolute Gasteiger partial charge is 0.326 e. The van der Waals surface area contributed by atoms with Gasteiger partial charge in [-0.05, 0) is 0 Å². The molecule has 2 N–H and O–H groups in total. The molecule has 8 nitrogen and oxygen atoms in total. The normalized spacial score (nSPS) is 21.6. The minimum atomic E-state index is -1.14. The van der Waals surface area contributed by atoms with E-state index in [4.69, 9.17) is 15.1 Å². The molecule has 0 bridgehead atoms. The van der Waals surface area contributed by atoms with Gasteiger partial charge in [0.05, 0.1) is 25.2 Å². The molecule has 2 amide bonds. The maximum atomic E-state index is 12.3. The molecule has 1 heterocycles. The molecule has 0 aromatic heterocycles. The van der Waals surface area contributed by atoms with Gasteiger partial charge in [0, 0.05) is 33.2 Å². The Morgan fingerprint density at radius 1 is 1.50 bits per heavy atom. The molecule has 0 aliphatic carbocycles. The number of aliphatic hydroxyl groups is 1. The third kappa shape index (κ3) is 4.08. The van der Waals surface area contributed by atoms with Gasteiger partial charge >= 0.3 is 12.0 Å². The molecule has 1 fully saturated rings. The molecule has 1 aliphatic rings. The highest BCUT2D eigenvalue weighted by atomic mass is 16.5. The highest BCUT2D eigenvalue weighted by molar-refractivity contribution is 5.83. The molecule has 0 aromatic carbocycles. The van der Waals surface area contributed by atoms with E-state index in [1.807, 2.05) is 6.07 Å². The van der Waals surface area contributed by atoms with Gasteiger partial charge in [-0.15, -0.1) is 0 Å². The number of urea groups is 1. The highest BCUT2D eigenvalue weighted by Crippen LogP contribution is 2.20. The van der Waals surface area contributed by atoms with Crippen LogP contribution in [0.3, 0.4) is 0 Å². The number of carbonyl (C=O) groups is 2. The molecule has 0 aromatic rings. The maximum Gasteiger partial charge on any atom is 0.326 e. The van der Waals surface area contributed by atoms with E-state index in [2.05, 4.69) is 0 Å². The number of hydrogen-bond donors (Lipinski definition) is 2. The first-order chi connectivity index (χ1) is 9.51. The highest BCUT2D eigenvalue weighted by Gasteiger charge is 2.40. The Kier molecular flexibility index (Phi) is 6.21. The van der Waals surface area contributed by atoms with Gasteiger partial charge in [0.2, 0.25) is 0 Å². The summed E-state index contributed by atoms with van der Waals surface area (Å²) >= 11 is 0. The molecule has 2 atom stereocenters. The lowest BCUT2D eigenvalue weighted by Crippen LogP contribution is -2.49. The van der Waals surface area contributed by atoms with Gasteiger partial charge in [-0.2, -0.15) is 5.26 Å². The second kappa shape index (κ2) is 7.67. The fraction of sp³-hybridized carbons (Fsp3) is 0.750. The Morgan fingerprint density at radius 3 is 2.75 bits per heavy atom. The van der Waals surface area contributed by atoms with Gasteiger partial charge in [-0.3, -0.25) is 0 Å². The van der Waals surface area contributed by atoms with E-state index >= 15 is 0 Å². The van der Waals surface area contributed by atoms with Gasteiger partial charge in [0.1, 0.15) is 6.04 Å². The maximum absolute atomic E-state index is 12.3. The van der Waals surface area contributed by atoms with Crippen molar-refractivity contribution >= 4 is 12.0 Å².